The van der Waals surface area contributed by atoms with Crippen LogP contribution in [0.4, 0.5) is 5.69 Å². The molecule has 0 bridgehead atoms. The van der Waals surface area contributed by atoms with Crippen LogP contribution in [0.15, 0.2) is 48.2 Å². The third-order valence-electron chi connectivity index (χ3n) is 7.30. The number of hydrogen-bond acceptors (Lipinski definition) is 4. The summed E-state index contributed by atoms with van der Waals surface area (Å²) in [5, 5.41) is 3.08. The molecule has 3 N–H and O–H groups in total. The number of fused-ring (bicyclic) bond motifs is 2. The van der Waals surface area contributed by atoms with Gasteiger partial charge in [-0.1, -0.05) is 30.3 Å². The van der Waals surface area contributed by atoms with Gasteiger partial charge in [0.25, 0.3) is 0 Å². The highest BCUT2D eigenvalue weighted by molar-refractivity contribution is 6.11. The molecule has 2 aromatic rings. The number of nitrogens with zero attached hydrogens (tertiary/aromatic N) is 1. The maximum atomic E-state index is 12.7. The molecule has 2 aliphatic carbocycles. The Labute approximate surface area is 201 Å². The Kier molecular flexibility index (Phi) is 6.63. The van der Waals surface area contributed by atoms with Gasteiger partial charge in [0.15, 0.2) is 0 Å². The number of hydrogen-bond donors (Lipinski definition) is 2. The quantitative estimate of drug-likeness (QED) is 0.610. The second kappa shape index (κ2) is 9.98. The first-order valence-corrected chi connectivity index (χ1v) is 12.6. The summed E-state index contributed by atoms with van der Waals surface area (Å²) in [6.07, 6.45) is 13.3. The Morgan fingerprint density at radius 2 is 1.53 bits per heavy atom. The van der Waals surface area contributed by atoms with E-state index in [4.69, 9.17) is 5.73 Å². The van der Waals surface area contributed by atoms with Gasteiger partial charge in [-0.3, -0.25) is 14.5 Å². The monoisotopic (exact) mass is 455 g/mol. The highest BCUT2D eigenvalue weighted by atomic mass is 16.1. The molecule has 1 saturated heterocycles. The van der Waals surface area contributed by atoms with Gasteiger partial charge in [-0.2, -0.15) is 0 Å². The van der Waals surface area contributed by atoms with Crippen LogP contribution in [0, 0.1) is 0 Å². The Balaban J connectivity index is 1.21. The number of ketones is 1. The van der Waals surface area contributed by atoms with E-state index in [0.29, 0.717) is 0 Å². The van der Waals surface area contributed by atoms with Crippen molar-refractivity contribution in [2.45, 2.75) is 57.9 Å². The van der Waals surface area contributed by atoms with Crippen LogP contribution < -0.4 is 11.1 Å². The van der Waals surface area contributed by atoms with Gasteiger partial charge in [0, 0.05) is 18.3 Å². The van der Waals surface area contributed by atoms with Crippen LogP contribution in [0.1, 0.15) is 59.1 Å². The van der Waals surface area contributed by atoms with E-state index in [1.54, 1.807) is 6.08 Å². The van der Waals surface area contributed by atoms with Crippen molar-refractivity contribution in [3.8, 4) is 0 Å². The van der Waals surface area contributed by atoms with E-state index in [1.807, 2.05) is 12.1 Å². The van der Waals surface area contributed by atoms with Crippen LogP contribution in [0.3, 0.4) is 0 Å². The minimum Gasteiger partial charge on any atom is -0.396 e. The summed E-state index contributed by atoms with van der Waals surface area (Å²) in [5.41, 5.74) is 14.6. The molecule has 0 radical (unpaired) electrons. The molecule has 5 rings (SSSR count). The SMILES string of the molecule is N/C(=C\c1ccc(CN2CCCC2)cc1)C(=O)/C=C\C(=O)Nc1c2c(cc3c1CCC3)CCC2. The molecule has 0 atom stereocenters. The minimum absolute atomic E-state index is 0.123. The zero-order valence-electron chi connectivity index (χ0n) is 19.7. The molecule has 1 fully saturated rings. The topological polar surface area (TPSA) is 75.4 Å². The van der Waals surface area contributed by atoms with Crippen molar-refractivity contribution in [1.82, 2.24) is 4.90 Å². The van der Waals surface area contributed by atoms with E-state index in [2.05, 4.69) is 28.4 Å². The molecule has 0 saturated carbocycles. The predicted octanol–water partition coefficient (Wildman–Crippen LogP) is 4.32. The predicted molar refractivity (Wildman–Crippen MR) is 136 cm³/mol. The fourth-order valence-corrected chi connectivity index (χ4v) is 5.55. The van der Waals surface area contributed by atoms with Gasteiger partial charge in [-0.05, 0) is 110 Å². The number of nitrogens with one attached hydrogen (secondary N) is 1. The van der Waals surface area contributed by atoms with Gasteiger partial charge >= 0.3 is 0 Å². The van der Waals surface area contributed by atoms with Gasteiger partial charge in [0.1, 0.15) is 0 Å². The van der Waals surface area contributed by atoms with Crippen molar-refractivity contribution in [3.05, 3.63) is 81.6 Å². The zero-order chi connectivity index (χ0) is 23.5. The Bertz CT molecular complexity index is 1120. The van der Waals surface area contributed by atoms with Crippen molar-refractivity contribution >= 4 is 23.5 Å². The highest BCUT2D eigenvalue weighted by Crippen LogP contribution is 2.38. The van der Waals surface area contributed by atoms with Crippen LogP contribution in [0.2, 0.25) is 0 Å². The summed E-state index contributed by atoms with van der Waals surface area (Å²) < 4.78 is 0. The second-order valence-electron chi connectivity index (χ2n) is 9.75. The molecule has 1 amide bonds. The third kappa shape index (κ3) is 5.00. The number of rotatable bonds is 7. The summed E-state index contributed by atoms with van der Waals surface area (Å²) in [5.74, 6) is -0.637. The fourth-order valence-electron chi connectivity index (χ4n) is 5.55. The molecule has 0 aromatic heterocycles. The molecule has 1 heterocycles. The number of anilines is 1. The van der Waals surface area contributed by atoms with E-state index in [9.17, 15) is 9.59 Å². The number of allylic oxidation sites excluding steroid dienone is 1. The number of amides is 1. The molecule has 0 unspecified atom stereocenters. The van der Waals surface area contributed by atoms with Crippen LogP contribution in [-0.4, -0.2) is 29.7 Å². The van der Waals surface area contributed by atoms with Crippen LogP contribution in [0.25, 0.3) is 6.08 Å². The standard InChI is InChI=1S/C29H33N3O2/c30-26(17-20-9-11-21(12-10-20)19-32-15-1-2-16-32)27(33)13-14-28(34)31-29-24-7-3-5-22(24)18-23-6-4-8-25(23)29/h9-14,17-18H,1-8,15-16,19,30H2,(H,31,34)/b14-13-,26-17-. The Morgan fingerprint density at radius 3 is 2.18 bits per heavy atom. The van der Waals surface area contributed by atoms with Gasteiger partial charge in [0.05, 0.1) is 5.70 Å². The first-order chi connectivity index (χ1) is 16.6. The number of carbonyl (C=O) groups excluding carboxylic acids is 2. The van der Waals surface area contributed by atoms with Crippen LogP contribution >= 0.6 is 0 Å². The van der Waals surface area contributed by atoms with E-state index in [-0.39, 0.29) is 17.4 Å². The van der Waals surface area contributed by atoms with E-state index in [1.165, 1.54) is 52.8 Å². The summed E-state index contributed by atoms with van der Waals surface area (Å²) in [6.45, 7) is 3.29. The highest BCUT2D eigenvalue weighted by Gasteiger charge is 2.24. The number of carbonyl (C=O) groups is 2. The molecule has 3 aliphatic rings. The molecule has 34 heavy (non-hydrogen) atoms. The molecule has 5 heteroatoms. The normalized spacial score (nSPS) is 17.8. The number of likely N-dealkylation sites (tertiary alicyclic amines) is 1. The first kappa shape index (κ1) is 22.6. The summed E-state index contributed by atoms with van der Waals surface area (Å²) in [6, 6.07) is 10.5. The lowest BCUT2D eigenvalue weighted by atomic mass is 9.98. The third-order valence-corrected chi connectivity index (χ3v) is 7.30. The second-order valence-corrected chi connectivity index (χ2v) is 9.75. The lowest BCUT2D eigenvalue weighted by Crippen LogP contribution is -2.18. The van der Waals surface area contributed by atoms with Crippen molar-refractivity contribution in [2.75, 3.05) is 18.4 Å². The van der Waals surface area contributed by atoms with Crippen LogP contribution in [-0.2, 0) is 41.8 Å². The summed E-state index contributed by atoms with van der Waals surface area (Å²) in [4.78, 5) is 27.6. The lowest BCUT2D eigenvalue weighted by Gasteiger charge is -2.15. The molecular weight excluding hydrogens is 422 g/mol. The van der Waals surface area contributed by atoms with E-state index >= 15 is 0 Å². The average molecular weight is 456 g/mol. The Morgan fingerprint density at radius 1 is 0.882 bits per heavy atom. The van der Waals surface area contributed by atoms with Crippen molar-refractivity contribution in [3.63, 3.8) is 0 Å². The number of benzene rings is 2. The average Bonchev–Trinajstić information content (AvgIpc) is 3.60. The largest absolute Gasteiger partial charge is 0.396 e. The first-order valence-electron chi connectivity index (χ1n) is 12.6. The van der Waals surface area contributed by atoms with Gasteiger partial charge in [-0.25, -0.2) is 0 Å². The molecule has 0 spiro atoms. The van der Waals surface area contributed by atoms with Crippen molar-refractivity contribution in [1.29, 1.82) is 0 Å². The molecular formula is C29H33N3O2. The fraction of sp³-hybridized carbons (Fsp3) is 0.379. The number of nitrogens with two attached hydrogens (primary N) is 1. The Hall–Kier alpha value is -3.18. The zero-order valence-corrected chi connectivity index (χ0v) is 19.7. The molecule has 2 aromatic carbocycles. The maximum Gasteiger partial charge on any atom is 0.248 e. The van der Waals surface area contributed by atoms with Crippen molar-refractivity contribution < 1.29 is 9.59 Å². The number of aryl methyl sites for hydroxylation is 2. The summed E-state index contributed by atoms with van der Waals surface area (Å²) >= 11 is 0. The van der Waals surface area contributed by atoms with Crippen molar-refractivity contribution in [2.24, 2.45) is 5.73 Å². The molecule has 5 nitrogen and oxygen atoms in total. The minimum atomic E-state index is -0.361. The van der Waals surface area contributed by atoms with Crippen LogP contribution in [0.5, 0.6) is 0 Å². The lowest BCUT2D eigenvalue weighted by molar-refractivity contribution is -0.113. The van der Waals surface area contributed by atoms with Gasteiger partial charge in [-0.15, -0.1) is 0 Å². The smallest absolute Gasteiger partial charge is 0.248 e. The maximum absolute atomic E-state index is 12.7. The van der Waals surface area contributed by atoms with Gasteiger partial charge in [0.2, 0.25) is 11.7 Å². The summed E-state index contributed by atoms with van der Waals surface area (Å²) in [7, 11) is 0. The van der Waals surface area contributed by atoms with Gasteiger partial charge < -0.3 is 11.1 Å². The van der Waals surface area contributed by atoms with E-state index < -0.39 is 0 Å². The van der Waals surface area contributed by atoms with E-state index in [0.717, 1.165) is 69.4 Å². The molecule has 1 aliphatic heterocycles. The molecule has 176 valence electrons.